The minimum atomic E-state index is -0.287. The zero-order chi connectivity index (χ0) is 13.5. The van der Waals surface area contributed by atoms with Gasteiger partial charge in [-0.1, -0.05) is 17.7 Å². The van der Waals surface area contributed by atoms with Crippen LogP contribution >= 0.6 is 27.5 Å². The third-order valence-electron chi connectivity index (χ3n) is 2.27. The molecule has 0 aliphatic rings. The number of benzene rings is 1. The van der Waals surface area contributed by atoms with E-state index in [-0.39, 0.29) is 18.3 Å². The number of carbonyl (C=O) groups is 2. The fraction of sp³-hybridized carbons (Fsp3) is 0.333. The quantitative estimate of drug-likeness (QED) is 0.665. The van der Waals surface area contributed by atoms with E-state index in [2.05, 4.69) is 26.0 Å². The molecule has 0 aliphatic heterocycles. The number of carbonyl (C=O) groups excluding carboxylic acids is 2. The van der Waals surface area contributed by atoms with Crippen molar-refractivity contribution in [2.45, 2.75) is 12.8 Å². The Labute approximate surface area is 119 Å². The fourth-order valence-electron chi connectivity index (χ4n) is 1.31. The van der Waals surface area contributed by atoms with Crippen molar-refractivity contribution in [3.05, 3.63) is 33.3 Å². The van der Waals surface area contributed by atoms with Crippen molar-refractivity contribution in [3.8, 4) is 0 Å². The Bertz CT molecular complexity index is 451. The molecule has 1 rings (SSSR count). The summed E-state index contributed by atoms with van der Waals surface area (Å²) < 4.78 is 5.17. The molecule has 18 heavy (non-hydrogen) atoms. The number of methoxy groups -OCH3 is 1. The van der Waals surface area contributed by atoms with Gasteiger partial charge < -0.3 is 10.1 Å². The Morgan fingerprint density at radius 1 is 1.44 bits per heavy atom. The molecule has 0 radical (unpaired) electrons. The van der Waals surface area contributed by atoms with Gasteiger partial charge in [0.25, 0.3) is 5.91 Å². The Kier molecular flexibility index (Phi) is 6.15. The van der Waals surface area contributed by atoms with Crippen LogP contribution in [0.5, 0.6) is 0 Å². The highest BCUT2D eigenvalue weighted by molar-refractivity contribution is 9.10. The molecular formula is C12H13BrClNO3. The number of hydrogen-bond acceptors (Lipinski definition) is 3. The molecule has 1 aromatic carbocycles. The largest absolute Gasteiger partial charge is 0.469 e. The van der Waals surface area contributed by atoms with Crippen LogP contribution in [-0.2, 0) is 9.53 Å². The first kappa shape index (κ1) is 15.0. The lowest BCUT2D eigenvalue weighted by Crippen LogP contribution is -2.25. The van der Waals surface area contributed by atoms with E-state index in [1.54, 1.807) is 18.2 Å². The van der Waals surface area contributed by atoms with E-state index in [0.717, 1.165) is 0 Å². The fourth-order valence-corrected chi connectivity index (χ4v) is 1.89. The number of amides is 1. The number of esters is 1. The Morgan fingerprint density at radius 3 is 2.83 bits per heavy atom. The van der Waals surface area contributed by atoms with Gasteiger partial charge in [0.05, 0.1) is 17.7 Å². The van der Waals surface area contributed by atoms with Gasteiger partial charge in [0.2, 0.25) is 0 Å². The lowest BCUT2D eigenvalue weighted by molar-refractivity contribution is -0.140. The van der Waals surface area contributed by atoms with Crippen LogP contribution in [0.3, 0.4) is 0 Å². The summed E-state index contributed by atoms with van der Waals surface area (Å²) in [4.78, 5) is 22.7. The summed E-state index contributed by atoms with van der Waals surface area (Å²) in [5.41, 5.74) is 0.407. The van der Waals surface area contributed by atoms with Gasteiger partial charge in [-0.3, -0.25) is 9.59 Å². The summed E-state index contributed by atoms with van der Waals surface area (Å²) in [5.74, 6) is -0.545. The molecule has 0 fully saturated rings. The molecule has 6 heteroatoms. The van der Waals surface area contributed by atoms with E-state index in [0.29, 0.717) is 28.0 Å². The molecule has 98 valence electrons. The van der Waals surface area contributed by atoms with Crippen LogP contribution in [0.1, 0.15) is 23.2 Å². The maximum atomic E-state index is 11.8. The van der Waals surface area contributed by atoms with E-state index in [1.807, 2.05) is 0 Å². The molecular weight excluding hydrogens is 321 g/mol. The van der Waals surface area contributed by atoms with Crippen molar-refractivity contribution in [3.63, 3.8) is 0 Å². The Morgan fingerprint density at radius 2 is 2.17 bits per heavy atom. The van der Waals surface area contributed by atoms with Crippen molar-refractivity contribution in [1.82, 2.24) is 5.32 Å². The molecule has 1 amide bonds. The van der Waals surface area contributed by atoms with Crippen molar-refractivity contribution in [2.75, 3.05) is 13.7 Å². The lowest BCUT2D eigenvalue weighted by atomic mass is 10.2. The summed E-state index contributed by atoms with van der Waals surface area (Å²) in [5, 5.41) is 3.07. The minimum absolute atomic E-state index is 0.258. The number of rotatable bonds is 5. The first-order valence-corrected chi connectivity index (χ1v) is 6.52. The van der Waals surface area contributed by atoms with Gasteiger partial charge in [0, 0.05) is 17.4 Å². The van der Waals surface area contributed by atoms with Crippen molar-refractivity contribution in [2.24, 2.45) is 0 Å². The van der Waals surface area contributed by atoms with Crippen molar-refractivity contribution < 1.29 is 14.3 Å². The standard InChI is InChI=1S/C12H13BrClNO3/c1-18-10(16)6-3-7-15-12(17)8-4-2-5-9(13)11(8)14/h2,4-5H,3,6-7H2,1H3,(H,15,17). The van der Waals surface area contributed by atoms with Crippen molar-refractivity contribution >= 4 is 39.4 Å². The highest BCUT2D eigenvalue weighted by Crippen LogP contribution is 2.25. The second kappa shape index (κ2) is 7.38. The molecule has 0 atom stereocenters. The summed E-state index contributed by atoms with van der Waals surface area (Å²) in [7, 11) is 1.34. The number of nitrogens with one attached hydrogen (secondary N) is 1. The van der Waals surface area contributed by atoms with Crippen LogP contribution in [0.25, 0.3) is 0 Å². The van der Waals surface area contributed by atoms with Crippen LogP contribution < -0.4 is 5.32 Å². The third kappa shape index (κ3) is 4.31. The first-order chi connectivity index (χ1) is 8.56. The van der Waals surface area contributed by atoms with Crippen LogP contribution in [0.15, 0.2) is 22.7 Å². The van der Waals surface area contributed by atoms with E-state index in [1.165, 1.54) is 7.11 Å². The van der Waals surface area contributed by atoms with E-state index in [9.17, 15) is 9.59 Å². The molecule has 0 saturated heterocycles. The summed E-state index contributed by atoms with van der Waals surface area (Å²) in [6, 6.07) is 5.14. The highest BCUT2D eigenvalue weighted by Gasteiger charge is 2.11. The second-order valence-electron chi connectivity index (χ2n) is 3.54. The van der Waals surface area contributed by atoms with Crippen LogP contribution in [0, 0.1) is 0 Å². The molecule has 0 unspecified atom stereocenters. The van der Waals surface area contributed by atoms with Crippen LogP contribution in [-0.4, -0.2) is 25.5 Å². The third-order valence-corrected chi connectivity index (χ3v) is 3.56. The predicted octanol–water partition coefficient (Wildman–Crippen LogP) is 2.79. The molecule has 0 aromatic heterocycles. The molecule has 0 spiro atoms. The molecule has 0 saturated carbocycles. The smallest absolute Gasteiger partial charge is 0.305 e. The van der Waals surface area contributed by atoms with Gasteiger partial charge in [-0.05, 0) is 34.5 Å². The van der Waals surface area contributed by atoms with Gasteiger partial charge in [-0.25, -0.2) is 0 Å². The molecule has 0 bridgehead atoms. The summed E-state index contributed by atoms with van der Waals surface area (Å²) in [6.07, 6.45) is 0.813. The summed E-state index contributed by atoms with van der Waals surface area (Å²) >= 11 is 9.24. The molecule has 1 N–H and O–H groups in total. The van der Waals surface area contributed by atoms with Gasteiger partial charge in [0.15, 0.2) is 0 Å². The topological polar surface area (TPSA) is 55.4 Å². The normalized spacial score (nSPS) is 9.94. The maximum absolute atomic E-state index is 11.8. The summed E-state index contributed by atoms with van der Waals surface area (Å²) in [6.45, 7) is 0.400. The van der Waals surface area contributed by atoms with Gasteiger partial charge in [-0.15, -0.1) is 0 Å². The highest BCUT2D eigenvalue weighted by atomic mass is 79.9. The average Bonchev–Trinajstić information content (AvgIpc) is 2.37. The maximum Gasteiger partial charge on any atom is 0.305 e. The van der Waals surface area contributed by atoms with E-state index in [4.69, 9.17) is 11.6 Å². The van der Waals surface area contributed by atoms with Crippen molar-refractivity contribution in [1.29, 1.82) is 0 Å². The minimum Gasteiger partial charge on any atom is -0.469 e. The van der Waals surface area contributed by atoms with Gasteiger partial charge in [-0.2, -0.15) is 0 Å². The monoisotopic (exact) mass is 333 g/mol. The molecule has 4 nitrogen and oxygen atoms in total. The zero-order valence-electron chi connectivity index (χ0n) is 9.83. The number of hydrogen-bond donors (Lipinski definition) is 1. The lowest BCUT2D eigenvalue weighted by Gasteiger charge is -2.07. The SMILES string of the molecule is COC(=O)CCCNC(=O)c1cccc(Br)c1Cl. The van der Waals surface area contributed by atoms with Gasteiger partial charge in [0.1, 0.15) is 0 Å². The van der Waals surface area contributed by atoms with Crippen LogP contribution in [0.4, 0.5) is 0 Å². The molecule has 1 aromatic rings. The second-order valence-corrected chi connectivity index (χ2v) is 4.77. The van der Waals surface area contributed by atoms with E-state index < -0.39 is 0 Å². The average molecular weight is 335 g/mol. The van der Waals surface area contributed by atoms with Crippen LogP contribution in [0.2, 0.25) is 5.02 Å². The number of halogens is 2. The number of ether oxygens (including phenoxy) is 1. The van der Waals surface area contributed by atoms with E-state index >= 15 is 0 Å². The van der Waals surface area contributed by atoms with Gasteiger partial charge >= 0.3 is 5.97 Å². The first-order valence-electron chi connectivity index (χ1n) is 5.35. The molecule has 0 heterocycles. The zero-order valence-corrected chi connectivity index (χ0v) is 12.2. The Balaban J connectivity index is 2.46. The Hall–Kier alpha value is -1.07. The predicted molar refractivity (Wildman–Crippen MR) is 72.7 cm³/mol. The molecule has 0 aliphatic carbocycles.